The summed E-state index contributed by atoms with van der Waals surface area (Å²) in [5, 5.41) is 0. The van der Waals surface area contributed by atoms with Gasteiger partial charge < -0.3 is 4.74 Å². The second-order valence-corrected chi connectivity index (χ2v) is 5.89. The van der Waals surface area contributed by atoms with Crippen LogP contribution in [-0.4, -0.2) is 12.1 Å². The van der Waals surface area contributed by atoms with Gasteiger partial charge >= 0.3 is 5.97 Å². The van der Waals surface area contributed by atoms with E-state index in [9.17, 15) is 4.79 Å². The Kier molecular flexibility index (Phi) is 4.85. The number of fused-ring (bicyclic) bond motifs is 1. The SMILES string of the molecule is CC[C@@]12CCCCCCCC/C=C\[C@@H]1OC(=O)C2. The second kappa shape index (κ2) is 6.40. The first-order valence-corrected chi connectivity index (χ1v) is 7.63. The molecule has 0 saturated carbocycles. The third-order valence-electron chi connectivity index (χ3n) is 4.67. The number of carbonyl (C=O) groups excluding carboxylic acids is 1. The summed E-state index contributed by atoms with van der Waals surface area (Å²) < 4.78 is 5.54. The van der Waals surface area contributed by atoms with Gasteiger partial charge in [-0.3, -0.25) is 4.79 Å². The maximum atomic E-state index is 11.6. The summed E-state index contributed by atoms with van der Waals surface area (Å²) in [5.41, 5.74) is 0.0901. The van der Waals surface area contributed by atoms with Crippen molar-refractivity contribution in [2.75, 3.05) is 0 Å². The van der Waals surface area contributed by atoms with Gasteiger partial charge in [-0.25, -0.2) is 0 Å². The summed E-state index contributed by atoms with van der Waals surface area (Å²) >= 11 is 0. The van der Waals surface area contributed by atoms with Crippen LogP contribution in [0.4, 0.5) is 0 Å². The lowest BCUT2D eigenvalue weighted by Crippen LogP contribution is -2.29. The minimum absolute atomic E-state index is 0.00127. The molecule has 1 saturated heterocycles. The summed E-state index contributed by atoms with van der Waals surface area (Å²) in [7, 11) is 0. The van der Waals surface area contributed by atoms with Crippen LogP contribution in [0.3, 0.4) is 0 Å². The van der Waals surface area contributed by atoms with Gasteiger partial charge in [0.05, 0.1) is 6.42 Å². The Hall–Kier alpha value is -0.790. The maximum absolute atomic E-state index is 11.6. The third-order valence-corrected chi connectivity index (χ3v) is 4.67. The molecular formula is C16H26O2. The highest BCUT2D eigenvalue weighted by Gasteiger charge is 2.45. The van der Waals surface area contributed by atoms with Crippen molar-refractivity contribution in [3.63, 3.8) is 0 Å². The fourth-order valence-electron chi connectivity index (χ4n) is 3.34. The molecule has 1 fully saturated rings. The molecule has 0 bridgehead atoms. The largest absolute Gasteiger partial charge is 0.457 e. The molecule has 1 heterocycles. The molecule has 2 heteroatoms. The van der Waals surface area contributed by atoms with Gasteiger partial charge in [-0.05, 0) is 31.8 Å². The maximum Gasteiger partial charge on any atom is 0.307 e. The van der Waals surface area contributed by atoms with Gasteiger partial charge in [0.25, 0.3) is 0 Å². The number of esters is 1. The van der Waals surface area contributed by atoms with E-state index in [-0.39, 0.29) is 17.5 Å². The summed E-state index contributed by atoms with van der Waals surface area (Å²) in [5.74, 6) is 0.00127. The van der Waals surface area contributed by atoms with Crippen molar-refractivity contribution in [2.24, 2.45) is 5.41 Å². The Labute approximate surface area is 111 Å². The van der Waals surface area contributed by atoms with E-state index in [1.165, 1.54) is 38.5 Å². The first-order chi connectivity index (χ1) is 8.77. The van der Waals surface area contributed by atoms with Crippen molar-refractivity contribution in [3.8, 4) is 0 Å². The Bertz CT molecular complexity index is 308. The molecule has 2 atom stereocenters. The molecule has 102 valence electrons. The zero-order chi connectivity index (χ0) is 12.8. The first kappa shape index (κ1) is 13.6. The quantitative estimate of drug-likeness (QED) is 0.509. The fourth-order valence-corrected chi connectivity index (χ4v) is 3.34. The minimum atomic E-state index is 0.00127. The molecule has 0 amide bonds. The highest BCUT2D eigenvalue weighted by Crippen LogP contribution is 2.44. The standard InChI is InChI=1S/C16H26O2/c1-2-16-12-10-8-6-4-3-5-7-9-11-14(16)18-15(17)13-16/h9,11,14H,2-8,10,12-13H2,1H3/b11-9-/t14-,16-/m0/s1. The molecule has 0 spiro atoms. The van der Waals surface area contributed by atoms with E-state index in [0.29, 0.717) is 6.42 Å². The van der Waals surface area contributed by atoms with Gasteiger partial charge in [0.1, 0.15) is 6.10 Å². The van der Waals surface area contributed by atoms with Gasteiger partial charge in [0.2, 0.25) is 0 Å². The molecule has 0 unspecified atom stereocenters. The number of allylic oxidation sites excluding steroid dienone is 1. The van der Waals surface area contributed by atoms with Crippen LogP contribution >= 0.6 is 0 Å². The van der Waals surface area contributed by atoms with Crippen LogP contribution in [0, 0.1) is 5.41 Å². The van der Waals surface area contributed by atoms with Crippen LogP contribution in [-0.2, 0) is 9.53 Å². The van der Waals surface area contributed by atoms with Crippen molar-refractivity contribution in [2.45, 2.75) is 77.2 Å². The molecule has 0 N–H and O–H groups in total. The van der Waals surface area contributed by atoms with E-state index < -0.39 is 0 Å². The topological polar surface area (TPSA) is 26.3 Å². The van der Waals surface area contributed by atoms with Crippen LogP contribution < -0.4 is 0 Å². The van der Waals surface area contributed by atoms with E-state index in [4.69, 9.17) is 4.74 Å². The molecule has 0 radical (unpaired) electrons. The number of ether oxygens (including phenoxy) is 1. The Morgan fingerprint density at radius 1 is 1.22 bits per heavy atom. The molecule has 1 aliphatic heterocycles. The van der Waals surface area contributed by atoms with Crippen molar-refractivity contribution in [1.82, 2.24) is 0 Å². The average molecular weight is 250 g/mol. The van der Waals surface area contributed by atoms with E-state index in [1.807, 2.05) is 0 Å². The smallest absolute Gasteiger partial charge is 0.307 e. The first-order valence-electron chi connectivity index (χ1n) is 7.63. The number of rotatable bonds is 1. The van der Waals surface area contributed by atoms with Crippen molar-refractivity contribution >= 4 is 5.97 Å². The van der Waals surface area contributed by atoms with Gasteiger partial charge in [0.15, 0.2) is 0 Å². The van der Waals surface area contributed by atoms with Gasteiger partial charge in [-0.1, -0.05) is 45.1 Å². The predicted octanol–water partition coefficient (Wildman–Crippen LogP) is 4.39. The minimum Gasteiger partial charge on any atom is -0.457 e. The number of hydrogen-bond donors (Lipinski definition) is 0. The summed E-state index contributed by atoms with van der Waals surface area (Å²) in [4.78, 5) is 11.6. The Morgan fingerprint density at radius 3 is 2.72 bits per heavy atom. The molecule has 2 rings (SSSR count). The van der Waals surface area contributed by atoms with Gasteiger partial charge in [-0.15, -0.1) is 0 Å². The van der Waals surface area contributed by atoms with Gasteiger partial charge in [0, 0.05) is 5.41 Å². The molecule has 0 aromatic heterocycles. The van der Waals surface area contributed by atoms with E-state index >= 15 is 0 Å². The molecule has 0 aromatic rings. The van der Waals surface area contributed by atoms with Crippen LogP contribution in [0.2, 0.25) is 0 Å². The van der Waals surface area contributed by atoms with Crippen LogP contribution in [0.5, 0.6) is 0 Å². The van der Waals surface area contributed by atoms with Crippen molar-refractivity contribution in [1.29, 1.82) is 0 Å². The Morgan fingerprint density at radius 2 is 1.94 bits per heavy atom. The molecule has 2 aliphatic rings. The van der Waals surface area contributed by atoms with Crippen molar-refractivity contribution in [3.05, 3.63) is 12.2 Å². The fraction of sp³-hybridized carbons (Fsp3) is 0.812. The Balaban J connectivity index is 2.09. The predicted molar refractivity (Wildman–Crippen MR) is 73.3 cm³/mol. The summed E-state index contributed by atoms with van der Waals surface area (Å²) in [6.07, 6.45) is 16.3. The zero-order valence-electron chi connectivity index (χ0n) is 11.6. The highest BCUT2D eigenvalue weighted by atomic mass is 16.6. The molecule has 1 aliphatic carbocycles. The number of hydrogen-bond acceptors (Lipinski definition) is 2. The van der Waals surface area contributed by atoms with Crippen LogP contribution in [0.15, 0.2) is 12.2 Å². The zero-order valence-corrected chi connectivity index (χ0v) is 11.6. The lowest BCUT2D eigenvalue weighted by Gasteiger charge is -2.30. The van der Waals surface area contributed by atoms with Crippen molar-refractivity contribution < 1.29 is 9.53 Å². The van der Waals surface area contributed by atoms with E-state index in [1.54, 1.807) is 0 Å². The monoisotopic (exact) mass is 250 g/mol. The van der Waals surface area contributed by atoms with E-state index in [0.717, 1.165) is 19.3 Å². The average Bonchev–Trinajstić information content (AvgIpc) is 2.66. The number of carbonyl (C=O) groups is 1. The molecule has 0 aromatic carbocycles. The molecule has 18 heavy (non-hydrogen) atoms. The van der Waals surface area contributed by atoms with Gasteiger partial charge in [-0.2, -0.15) is 0 Å². The highest BCUT2D eigenvalue weighted by molar-refractivity contribution is 5.73. The lowest BCUT2D eigenvalue weighted by atomic mass is 9.74. The summed E-state index contributed by atoms with van der Waals surface area (Å²) in [6, 6.07) is 0. The third kappa shape index (κ3) is 3.15. The van der Waals surface area contributed by atoms with Crippen LogP contribution in [0.25, 0.3) is 0 Å². The normalized spacial score (nSPS) is 36.1. The van der Waals surface area contributed by atoms with Crippen LogP contribution in [0.1, 0.15) is 71.1 Å². The lowest BCUT2D eigenvalue weighted by molar-refractivity contribution is -0.140. The molecular weight excluding hydrogens is 224 g/mol. The van der Waals surface area contributed by atoms with E-state index in [2.05, 4.69) is 19.1 Å². The molecule has 2 nitrogen and oxygen atoms in total. The summed E-state index contributed by atoms with van der Waals surface area (Å²) in [6.45, 7) is 2.20. The second-order valence-electron chi connectivity index (χ2n) is 5.89.